The molecule has 1 aromatic rings. The average Bonchev–Trinajstić information content (AvgIpc) is 2.47. The Morgan fingerprint density at radius 3 is 2.71 bits per heavy atom. The molecule has 1 amide bonds. The Hall–Kier alpha value is -1.86. The Bertz CT molecular complexity index is 491. The molecule has 0 radical (unpaired) electrons. The van der Waals surface area contributed by atoms with Gasteiger partial charge >= 0.3 is 0 Å². The van der Waals surface area contributed by atoms with Gasteiger partial charge in [-0.15, -0.1) is 0 Å². The van der Waals surface area contributed by atoms with Gasteiger partial charge < -0.3 is 5.32 Å². The fraction of sp³-hybridized carbons (Fsp3) is 0.529. The summed E-state index contributed by atoms with van der Waals surface area (Å²) in [7, 11) is 0. The number of nitrogens with zero attached hydrogens (tertiary/aromatic N) is 2. The van der Waals surface area contributed by atoms with Crippen molar-refractivity contribution in [1.29, 1.82) is 5.26 Å². The van der Waals surface area contributed by atoms with Crippen LogP contribution in [0.4, 0.5) is 0 Å². The minimum atomic E-state index is -0.0707. The summed E-state index contributed by atoms with van der Waals surface area (Å²) in [6.45, 7) is 3.53. The summed E-state index contributed by atoms with van der Waals surface area (Å²) in [6.07, 6.45) is 3.83. The number of carbonyl (C=O) groups excluding carboxylic acids is 1. The number of nitrogens with one attached hydrogen (secondary N) is 1. The van der Waals surface area contributed by atoms with E-state index >= 15 is 0 Å². The van der Waals surface area contributed by atoms with Gasteiger partial charge in [0.05, 0.1) is 12.6 Å². The Morgan fingerprint density at radius 1 is 1.43 bits per heavy atom. The molecule has 0 heterocycles. The lowest BCUT2D eigenvalue weighted by Gasteiger charge is -2.35. The second kappa shape index (κ2) is 7.80. The highest BCUT2D eigenvalue weighted by Crippen LogP contribution is 2.30. The zero-order valence-corrected chi connectivity index (χ0v) is 12.6. The predicted octanol–water partition coefficient (Wildman–Crippen LogP) is 2.49. The monoisotopic (exact) mass is 285 g/mol. The van der Waals surface area contributed by atoms with Gasteiger partial charge in [0.25, 0.3) is 0 Å². The maximum absolute atomic E-state index is 11.9. The molecule has 1 saturated carbocycles. The SMILES string of the molecule is C[C@@H](c1ccccc1)N(CC(=O)NCC#N)CC1CCC1. The molecule has 1 aliphatic carbocycles. The summed E-state index contributed by atoms with van der Waals surface area (Å²) in [6, 6.07) is 12.4. The van der Waals surface area contributed by atoms with Gasteiger partial charge in [0.1, 0.15) is 6.54 Å². The number of amides is 1. The predicted molar refractivity (Wildman–Crippen MR) is 82.4 cm³/mol. The quantitative estimate of drug-likeness (QED) is 0.783. The van der Waals surface area contributed by atoms with Gasteiger partial charge in [-0.2, -0.15) is 5.26 Å². The second-order valence-corrected chi connectivity index (χ2v) is 5.75. The topological polar surface area (TPSA) is 56.1 Å². The lowest BCUT2D eigenvalue weighted by atomic mass is 9.84. The van der Waals surface area contributed by atoms with E-state index in [0.29, 0.717) is 12.5 Å². The van der Waals surface area contributed by atoms with Gasteiger partial charge in [-0.25, -0.2) is 0 Å². The zero-order chi connectivity index (χ0) is 15.1. The minimum absolute atomic E-state index is 0.0707. The Morgan fingerprint density at radius 2 is 2.14 bits per heavy atom. The number of rotatable bonds is 7. The van der Waals surface area contributed by atoms with Gasteiger partial charge in [0.15, 0.2) is 0 Å². The molecule has 0 unspecified atom stereocenters. The summed E-state index contributed by atoms with van der Waals surface area (Å²) in [5, 5.41) is 11.2. The summed E-state index contributed by atoms with van der Waals surface area (Å²) >= 11 is 0. The molecule has 21 heavy (non-hydrogen) atoms. The van der Waals surface area contributed by atoms with Crippen LogP contribution in [0.5, 0.6) is 0 Å². The van der Waals surface area contributed by atoms with Crippen molar-refractivity contribution < 1.29 is 4.79 Å². The molecule has 1 N–H and O–H groups in total. The first-order valence-electron chi connectivity index (χ1n) is 7.63. The first-order valence-corrected chi connectivity index (χ1v) is 7.63. The van der Waals surface area contributed by atoms with Crippen LogP contribution in [-0.4, -0.2) is 30.4 Å². The van der Waals surface area contributed by atoms with Gasteiger partial charge in [0, 0.05) is 12.6 Å². The van der Waals surface area contributed by atoms with Crippen molar-refractivity contribution in [3.63, 3.8) is 0 Å². The highest BCUT2D eigenvalue weighted by atomic mass is 16.2. The average molecular weight is 285 g/mol. The van der Waals surface area contributed by atoms with Crippen LogP contribution in [0.3, 0.4) is 0 Å². The molecule has 1 atom stereocenters. The molecule has 1 aliphatic rings. The molecule has 0 aliphatic heterocycles. The molecule has 112 valence electrons. The third-order valence-electron chi connectivity index (χ3n) is 4.26. The summed E-state index contributed by atoms with van der Waals surface area (Å²) in [5.41, 5.74) is 1.23. The number of hydrogen-bond acceptors (Lipinski definition) is 3. The maximum Gasteiger partial charge on any atom is 0.235 e. The highest BCUT2D eigenvalue weighted by molar-refractivity contribution is 5.78. The van der Waals surface area contributed by atoms with Crippen LogP contribution < -0.4 is 5.32 Å². The van der Waals surface area contributed by atoms with E-state index in [1.807, 2.05) is 24.3 Å². The molecule has 0 saturated heterocycles. The normalized spacial score (nSPS) is 16.0. The molecule has 2 rings (SSSR count). The van der Waals surface area contributed by atoms with Crippen molar-refractivity contribution in [2.24, 2.45) is 5.92 Å². The molecule has 4 nitrogen and oxygen atoms in total. The Kier molecular flexibility index (Phi) is 5.77. The van der Waals surface area contributed by atoms with Gasteiger partial charge in [-0.1, -0.05) is 36.8 Å². The molecule has 4 heteroatoms. The van der Waals surface area contributed by atoms with Crippen LogP contribution in [0.25, 0.3) is 0 Å². The first-order chi connectivity index (χ1) is 10.2. The largest absolute Gasteiger partial charge is 0.342 e. The van der Waals surface area contributed by atoms with Crippen LogP contribution >= 0.6 is 0 Å². The number of benzene rings is 1. The van der Waals surface area contributed by atoms with E-state index in [1.54, 1.807) is 0 Å². The van der Waals surface area contributed by atoms with E-state index < -0.39 is 0 Å². The fourth-order valence-electron chi connectivity index (χ4n) is 2.69. The highest BCUT2D eigenvalue weighted by Gasteiger charge is 2.25. The van der Waals surface area contributed by atoms with E-state index in [2.05, 4.69) is 29.3 Å². The lowest BCUT2D eigenvalue weighted by molar-refractivity contribution is -0.122. The van der Waals surface area contributed by atoms with E-state index in [1.165, 1.54) is 24.8 Å². The number of hydrogen-bond donors (Lipinski definition) is 1. The van der Waals surface area contributed by atoms with Crippen LogP contribution in [0.2, 0.25) is 0 Å². The molecular formula is C17H23N3O. The zero-order valence-electron chi connectivity index (χ0n) is 12.6. The lowest BCUT2D eigenvalue weighted by Crippen LogP contribution is -2.42. The maximum atomic E-state index is 11.9. The first kappa shape index (κ1) is 15.5. The molecule has 1 fully saturated rings. The number of nitriles is 1. The van der Waals surface area contributed by atoms with Crippen molar-refractivity contribution in [3.8, 4) is 6.07 Å². The molecule has 1 aromatic carbocycles. The van der Waals surface area contributed by atoms with E-state index in [-0.39, 0.29) is 18.5 Å². The van der Waals surface area contributed by atoms with Crippen LogP contribution in [0, 0.1) is 17.2 Å². The molecular weight excluding hydrogens is 262 g/mol. The van der Waals surface area contributed by atoms with Crippen molar-refractivity contribution >= 4 is 5.91 Å². The standard InChI is InChI=1S/C17H23N3O/c1-14(16-8-3-2-4-9-16)20(12-15-6-5-7-15)13-17(21)19-11-10-18/h2-4,8-9,14-15H,5-7,11-13H2,1H3,(H,19,21)/t14-/m0/s1. The molecule has 0 spiro atoms. The Labute approximate surface area is 126 Å². The van der Waals surface area contributed by atoms with Crippen LogP contribution in [-0.2, 0) is 4.79 Å². The van der Waals surface area contributed by atoms with Gasteiger partial charge in [-0.05, 0) is 31.2 Å². The van der Waals surface area contributed by atoms with Crippen molar-refractivity contribution in [3.05, 3.63) is 35.9 Å². The van der Waals surface area contributed by atoms with Gasteiger partial charge in [0.2, 0.25) is 5.91 Å². The van der Waals surface area contributed by atoms with Crippen molar-refractivity contribution in [2.45, 2.75) is 32.2 Å². The number of carbonyl (C=O) groups is 1. The second-order valence-electron chi connectivity index (χ2n) is 5.75. The van der Waals surface area contributed by atoms with Gasteiger partial charge in [-0.3, -0.25) is 9.69 Å². The molecule has 0 aromatic heterocycles. The van der Waals surface area contributed by atoms with Crippen LogP contribution in [0.1, 0.15) is 37.8 Å². The third kappa shape index (κ3) is 4.57. The van der Waals surface area contributed by atoms with Crippen LogP contribution in [0.15, 0.2) is 30.3 Å². The minimum Gasteiger partial charge on any atom is -0.342 e. The van der Waals surface area contributed by atoms with Crippen molar-refractivity contribution in [1.82, 2.24) is 10.2 Å². The molecule has 0 bridgehead atoms. The van der Waals surface area contributed by atoms with E-state index in [4.69, 9.17) is 5.26 Å². The Balaban J connectivity index is 2.00. The summed E-state index contributed by atoms with van der Waals surface area (Å²) in [4.78, 5) is 14.2. The summed E-state index contributed by atoms with van der Waals surface area (Å²) in [5.74, 6) is 0.638. The van der Waals surface area contributed by atoms with E-state index in [0.717, 1.165) is 6.54 Å². The summed E-state index contributed by atoms with van der Waals surface area (Å²) < 4.78 is 0. The van der Waals surface area contributed by atoms with E-state index in [9.17, 15) is 4.79 Å². The smallest absolute Gasteiger partial charge is 0.235 e. The van der Waals surface area contributed by atoms with Crippen molar-refractivity contribution in [2.75, 3.05) is 19.6 Å². The fourth-order valence-corrected chi connectivity index (χ4v) is 2.69. The third-order valence-corrected chi connectivity index (χ3v) is 4.26.